The lowest BCUT2D eigenvalue weighted by atomic mass is 10.2. The molecule has 0 atom stereocenters. The summed E-state index contributed by atoms with van der Waals surface area (Å²) >= 11 is 0. The van der Waals surface area contributed by atoms with Crippen LogP contribution < -0.4 is 5.32 Å². The third-order valence-electron chi connectivity index (χ3n) is 3.85. The lowest BCUT2D eigenvalue weighted by molar-refractivity contribution is 0.273. The maximum absolute atomic E-state index is 4.70. The zero-order valence-corrected chi connectivity index (χ0v) is 13.1. The molecule has 0 saturated carbocycles. The first kappa shape index (κ1) is 15.0. The summed E-state index contributed by atoms with van der Waals surface area (Å²) in [5.74, 6) is 0. The van der Waals surface area contributed by atoms with Crippen LogP contribution in [0.5, 0.6) is 0 Å². The Hall–Kier alpha value is -1.39. The fraction of sp³-hybridized carbons (Fsp3) is 0.562. The van der Waals surface area contributed by atoms with Crippen LogP contribution in [0.3, 0.4) is 0 Å². The molecule has 0 aliphatic heterocycles. The van der Waals surface area contributed by atoms with Crippen LogP contribution in [-0.4, -0.2) is 40.9 Å². The summed E-state index contributed by atoms with van der Waals surface area (Å²) in [7, 11) is 2.16. The molecule has 0 radical (unpaired) electrons. The summed E-state index contributed by atoms with van der Waals surface area (Å²) in [5, 5.41) is 9.46. The van der Waals surface area contributed by atoms with Crippen molar-refractivity contribution in [3.8, 4) is 0 Å². The highest BCUT2D eigenvalue weighted by Crippen LogP contribution is 2.18. The fourth-order valence-corrected chi connectivity index (χ4v) is 2.29. The number of fused-ring (bicyclic) bond motifs is 1. The van der Waals surface area contributed by atoms with Crippen molar-refractivity contribution in [1.82, 2.24) is 20.0 Å². The van der Waals surface area contributed by atoms with Gasteiger partial charge in [0.2, 0.25) is 0 Å². The van der Waals surface area contributed by atoms with E-state index in [-0.39, 0.29) is 0 Å². The van der Waals surface area contributed by atoms with Gasteiger partial charge in [0.15, 0.2) is 0 Å². The van der Waals surface area contributed by atoms with Crippen LogP contribution in [0, 0.1) is 0 Å². The molecule has 2 aromatic rings. The smallest absolute Gasteiger partial charge is 0.0841 e. The van der Waals surface area contributed by atoms with Gasteiger partial charge in [0.25, 0.3) is 0 Å². The molecule has 4 heteroatoms. The standard InChI is InChI=1S/C16H26N4/c1-5-20-16-9-7-6-8-14(16)15(18-20)12-17-10-11-19(4)13(2)3/h6-9,13,17H,5,10-12H2,1-4H3. The van der Waals surface area contributed by atoms with Crippen molar-refractivity contribution in [3.05, 3.63) is 30.0 Å². The molecule has 1 aromatic heterocycles. The average molecular weight is 274 g/mol. The number of para-hydroxylation sites is 1. The monoisotopic (exact) mass is 274 g/mol. The molecule has 2 rings (SSSR count). The topological polar surface area (TPSA) is 33.1 Å². The minimum absolute atomic E-state index is 0.594. The van der Waals surface area contributed by atoms with Crippen LogP contribution in [0.1, 0.15) is 26.5 Å². The van der Waals surface area contributed by atoms with Gasteiger partial charge in [-0.2, -0.15) is 5.10 Å². The van der Waals surface area contributed by atoms with E-state index in [4.69, 9.17) is 5.10 Å². The van der Waals surface area contributed by atoms with E-state index < -0.39 is 0 Å². The van der Waals surface area contributed by atoms with E-state index in [0.717, 1.165) is 31.9 Å². The van der Waals surface area contributed by atoms with Gasteiger partial charge in [0, 0.05) is 37.6 Å². The molecule has 0 fully saturated rings. The highest BCUT2D eigenvalue weighted by Gasteiger charge is 2.08. The minimum atomic E-state index is 0.594. The number of rotatable bonds is 7. The molecular formula is C16H26N4. The maximum atomic E-state index is 4.70. The zero-order valence-electron chi connectivity index (χ0n) is 13.1. The van der Waals surface area contributed by atoms with Gasteiger partial charge in [0.1, 0.15) is 0 Å². The van der Waals surface area contributed by atoms with Crippen molar-refractivity contribution in [2.75, 3.05) is 20.1 Å². The molecule has 0 amide bonds. The number of aromatic nitrogens is 2. The predicted octanol–water partition coefficient (Wildman–Crippen LogP) is 2.49. The van der Waals surface area contributed by atoms with Gasteiger partial charge in [-0.15, -0.1) is 0 Å². The molecule has 0 bridgehead atoms. The number of aryl methyl sites for hydroxylation is 1. The molecule has 0 unspecified atom stereocenters. The Bertz CT molecular complexity index is 544. The van der Waals surface area contributed by atoms with Crippen LogP contribution in [0.25, 0.3) is 10.9 Å². The molecule has 110 valence electrons. The van der Waals surface area contributed by atoms with Gasteiger partial charge >= 0.3 is 0 Å². The van der Waals surface area contributed by atoms with E-state index in [2.05, 4.69) is 67.0 Å². The normalized spacial score (nSPS) is 11.9. The molecule has 1 aromatic carbocycles. The van der Waals surface area contributed by atoms with Crippen molar-refractivity contribution in [1.29, 1.82) is 0 Å². The maximum Gasteiger partial charge on any atom is 0.0841 e. The Labute approximate surface area is 121 Å². The lowest BCUT2D eigenvalue weighted by Gasteiger charge is -2.20. The van der Waals surface area contributed by atoms with Crippen molar-refractivity contribution in [3.63, 3.8) is 0 Å². The number of nitrogens with one attached hydrogen (secondary N) is 1. The number of benzene rings is 1. The first-order valence-corrected chi connectivity index (χ1v) is 7.48. The lowest BCUT2D eigenvalue weighted by Crippen LogP contribution is -2.33. The van der Waals surface area contributed by atoms with Crippen LogP contribution in [0.4, 0.5) is 0 Å². The van der Waals surface area contributed by atoms with Crippen molar-refractivity contribution in [2.45, 2.75) is 39.9 Å². The molecular weight excluding hydrogens is 248 g/mol. The predicted molar refractivity (Wildman–Crippen MR) is 84.9 cm³/mol. The molecule has 1 N–H and O–H groups in total. The second-order valence-electron chi connectivity index (χ2n) is 5.53. The Kier molecular flexibility index (Phi) is 5.15. The SMILES string of the molecule is CCn1nc(CNCCN(C)C(C)C)c2ccccc21. The number of hydrogen-bond acceptors (Lipinski definition) is 3. The largest absolute Gasteiger partial charge is 0.310 e. The van der Waals surface area contributed by atoms with Gasteiger partial charge < -0.3 is 10.2 Å². The first-order chi connectivity index (χ1) is 9.63. The van der Waals surface area contributed by atoms with Crippen LogP contribution in [0.2, 0.25) is 0 Å². The van der Waals surface area contributed by atoms with Gasteiger partial charge in [0.05, 0.1) is 11.2 Å². The van der Waals surface area contributed by atoms with Gasteiger partial charge in [-0.1, -0.05) is 18.2 Å². The van der Waals surface area contributed by atoms with E-state index in [0.29, 0.717) is 6.04 Å². The highest BCUT2D eigenvalue weighted by molar-refractivity contribution is 5.81. The Balaban J connectivity index is 1.97. The first-order valence-electron chi connectivity index (χ1n) is 7.48. The number of likely N-dealkylation sites (N-methyl/N-ethyl adjacent to an activating group) is 1. The molecule has 1 heterocycles. The average Bonchev–Trinajstić information content (AvgIpc) is 2.81. The van der Waals surface area contributed by atoms with E-state index >= 15 is 0 Å². The summed E-state index contributed by atoms with van der Waals surface area (Å²) in [5.41, 5.74) is 2.38. The zero-order chi connectivity index (χ0) is 14.5. The Morgan fingerprint density at radius 3 is 2.75 bits per heavy atom. The second kappa shape index (κ2) is 6.86. The van der Waals surface area contributed by atoms with E-state index in [9.17, 15) is 0 Å². The number of nitrogens with zero attached hydrogens (tertiary/aromatic N) is 3. The fourth-order valence-electron chi connectivity index (χ4n) is 2.29. The van der Waals surface area contributed by atoms with E-state index in [1.54, 1.807) is 0 Å². The van der Waals surface area contributed by atoms with Crippen molar-refractivity contribution >= 4 is 10.9 Å². The Morgan fingerprint density at radius 2 is 2.05 bits per heavy atom. The molecule has 4 nitrogen and oxygen atoms in total. The third kappa shape index (κ3) is 3.38. The summed E-state index contributed by atoms with van der Waals surface area (Å²) in [4.78, 5) is 2.34. The summed E-state index contributed by atoms with van der Waals surface area (Å²) in [6, 6.07) is 9.05. The van der Waals surface area contributed by atoms with E-state index in [1.807, 2.05) is 0 Å². The van der Waals surface area contributed by atoms with Gasteiger partial charge in [-0.05, 0) is 33.9 Å². The molecule has 0 saturated heterocycles. The van der Waals surface area contributed by atoms with Crippen molar-refractivity contribution < 1.29 is 0 Å². The van der Waals surface area contributed by atoms with Crippen molar-refractivity contribution in [2.24, 2.45) is 0 Å². The summed E-state index contributed by atoms with van der Waals surface area (Å²) in [6.45, 7) is 10.4. The third-order valence-corrected chi connectivity index (χ3v) is 3.85. The second-order valence-corrected chi connectivity index (χ2v) is 5.53. The van der Waals surface area contributed by atoms with Crippen LogP contribution in [0.15, 0.2) is 24.3 Å². The van der Waals surface area contributed by atoms with Crippen LogP contribution in [-0.2, 0) is 13.1 Å². The number of hydrogen-bond donors (Lipinski definition) is 1. The quantitative estimate of drug-likeness (QED) is 0.788. The summed E-state index contributed by atoms with van der Waals surface area (Å²) in [6.07, 6.45) is 0. The van der Waals surface area contributed by atoms with Crippen LogP contribution >= 0.6 is 0 Å². The minimum Gasteiger partial charge on any atom is -0.310 e. The van der Waals surface area contributed by atoms with Gasteiger partial charge in [-0.3, -0.25) is 4.68 Å². The van der Waals surface area contributed by atoms with Gasteiger partial charge in [-0.25, -0.2) is 0 Å². The molecule has 0 spiro atoms. The molecule has 20 heavy (non-hydrogen) atoms. The summed E-state index contributed by atoms with van der Waals surface area (Å²) < 4.78 is 2.08. The molecule has 0 aliphatic carbocycles. The molecule has 0 aliphatic rings. The Morgan fingerprint density at radius 1 is 1.30 bits per heavy atom. The highest BCUT2D eigenvalue weighted by atomic mass is 15.3. The van der Waals surface area contributed by atoms with E-state index in [1.165, 1.54) is 10.9 Å².